The smallest absolute Gasteiger partial charge is 0.130 e. The third-order valence-corrected chi connectivity index (χ3v) is 3.86. The number of hydrogen-bond donors (Lipinski definition) is 1. The highest BCUT2D eigenvalue weighted by Crippen LogP contribution is 2.34. The van der Waals surface area contributed by atoms with Crippen molar-refractivity contribution in [2.45, 2.75) is 44.5 Å². The van der Waals surface area contributed by atoms with E-state index in [1.165, 1.54) is 5.56 Å². The standard InChI is InChI=1S/C14H19BrO3/c1-8(2)10-6-9(15)4-5-12(10)18-13-7-11(16)14(13)17-3/h4-6,8,11,13-14,16H,7H2,1-3H3. The van der Waals surface area contributed by atoms with Gasteiger partial charge in [0.2, 0.25) is 0 Å². The van der Waals surface area contributed by atoms with Crippen LogP contribution in [0, 0.1) is 0 Å². The van der Waals surface area contributed by atoms with Crippen molar-refractivity contribution in [1.82, 2.24) is 0 Å². The van der Waals surface area contributed by atoms with Gasteiger partial charge in [0.05, 0.1) is 6.10 Å². The van der Waals surface area contributed by atoms with E-state index in [1.807, 2.05) is 12.1 Å². The Kier molecular flexibility index (Phi) is 4.30. The normalized spacial score (nSPS) is 27.1. The highest BCUT2D eigenvalue weighted by molar-refractivity contribution is 9.10. The van der Waals surface area contributed by atoms with E-state index in [9.17, 15) is 5.11 Å². The molecule has 4 heteroatoms. The molecule has 3 unspecified atom stereocenters. The Bertz CT molecular complexity index is 420. The number of ether oxygens (including phenoxy) is 2. The number of benzene rings is 1. The van der Waals surface area contributed by atoms with Crippen LogP contribution in [0.4, 0.5) is 0 Å². The van der Waals surface area contributed by atoms with E-state index in [-0.39, 0.29) is 12.2 Å². The van der Waals surface area contributed by atoms with Gasteiger partial charge in [-0.15, -0.1) is 0 Å². The van der Waals surface area contributed by atoms with Gasteiger partial charge in [0.25, 0.3) is 0 Å². The molecular formula is C14H19BrO3. The van der Waals surface area contributed by atoms with Crippen molar-refractivity contribution in [3.05, 3.63) is 28.2 Å². The molecule has 1 aromatic rings. The molecule has 0 heterocycles. The Morgan fingerprint density at radius 2 is 2.11 bits per heavy atom. The lowest BCUT2D eigenvalue weighted by Crippen LogP contribution is -2.54. The van der Waals surface area contributed by atoms with Gasteiger partial charge in [-0.2, -0.15) is 0 Å². The zero-order chi connectivity index (χ0) is 13.3. The average molecular weight is 315 g/mol. The van der Waals surface area contributed by atoms with Crippen molar-refractivity contribution in [3.63, 3.8) is 0 Å². The number of aliphatic hydroxyl groups is 1. The lowest BCUT2D eigenvalue weighted by atomic mass is 9.88. The van der Waals surface area contributed by atoms with E-state index in [4.69, 9.17) is 9.47 Å². The van der Waals surface area contributed by atoms with Crippen LogP contribution < -0.4 is 4.74 Å². The Morgan fingerprint density at radius 1 is 1.39 bits per heavy atom. The van der Waals surface area contributed by atoms with E-state index in [2.05, 4.69) is 35.8 Å². The Hall–Kier alpha value is -0.580. The van der Waals surface area contributed by atoms with Gasteiger partial charge in [-0.25, -0.2) is 0 Å². The summed E-state index contributed by atoms with van der Waals surface area (Å²) in [6, 6.07) is 6.02. The van der Waals surface area contributed by atoms with E-state index < -0.39 is 6.10 Å². The first kappa shape index (κ1) is 13.8. The van der Waals surface area contributed by atoms with Crippen molar-refractivity contribution in [1.29, 1.82) is 0 Å². The van der Waals surface area contributed by atoms with Crippen LogP contribution in [0.25, 0.3) is 0 Å². The molecule has 0 amide bonds. The second-order valence-electron chi connectivity index (χ2n) is 5.00. The molecule has 0 aliphatic heterocycles. The Labute approximate surface area is 116 Å². The van der Waals surface area contributed by atoms with Crippen LogP contribution in [-0.2, 0) is 4.74 Å². The number of rotatable bonds is 4. The highest BCUT2D eigenvalue weighted by atomic mass is 79.9. The van der Waals surface area contributed by atoms with E-state index in [1.54, 1.807) is 7.11 Å². The largest absolute Gasteiger partial charge is 0.487 e. The second-order valence-corrected chi connectivity index (χ2v) is 5.91. The van der Waals surface area contributed by atoms with Crippen LogP contribution in [0.1, 0.15) is 31.7 Å². The van der Waals surface area contributed by atoms with Gasteiger partial charge in [0.15, 0.2) is 0 Å². The molecule has 100 valence electrons. The van der Waals surface area contributed by atoms with E-state index in [0.29, 0.717) is 12.3 Å². The van der Waals surface area contributed by atoms with Crippen LogP contribution in [-0.4, -0.2) is 30.5 Å². The van der Waals surface area contributed by atoms with Gasteiger partial charge in [-0.1, -0.05) is 29.8 Å². The molecule has 0 bridgehead atoms. The number of aliphatic hydroxyl groups excluding tert-OH is 1. The Balaban J connectivity index is 2.14. The van der Waals surface area contributed by atoms with Gasteiger partial charge in [-0.3, -0.25) is 0 Å². The van der Waals surface area contributed by atoms with Crippen LogP contribution in [0.15, 0.2) is 22.7 Å². The van der Waals surface area contributed by atoms with Crippen molar-refractivity contribution in [3.8, 4) is 5.75 Å². The lowest BCUT2D eigenvalue weighted by molar-refractivity contribution is -0.149. The Morgan fingerprint density at radius 3 is 2.67 bits per heavy atom. The third-order valence-electron chi connectivity index (χ3n) is 3.36. The predicted molar refractivity (Wildman–Crippen MR) is 74.1 cm³/mol. The quantitative estimate of drug-likeness (QED) is 0.928. The summed E-state index contributed by atoms with van der Waals surface area (Å²) in [6.45, 7) is 4.27. The second kappa shape index (κ2) is 5.59. The van der Waals surface area contributed by atoms with Gasteiger partial charge < -0.3 is 14.6 Å². The van der Waals surface area contributed by atoms with Crippen molar-refractivity contribution in [2.75, 3.05) is 7.11 Å². The van der Waals surface area contributed by atoms with Crippen LogP contribution in [0.5, 0.6) is 5.75 Å². The van der Waals surface area contributed by atoms with Gasteiger partial charge in [0.1, 0.15) is 18.0 Å². The average Bonchev–Trinajstić information content (AvgIpc) is 2.30. The van der Waals surface area contributed by atoms with Crippen LogP contribution in [0.3, 0.4) is 0 Å². The topological polar surface area (TPSA) is 38.7 Å². The fourth-order valence-electron chi connectivity index (χ4n) is 2.22. The summed E-state index contributed by atoms with van der Waals surface area (Å²) in [5.41, 5.74) is 1.17. The fourth-order valence-corrected chi connectivity index (χ4v) is 2.60. The first-order valence-corrected chi connectivity index (χ1v) is 6.99. The summed E-state index contributed by atoms with van der Waals surface area (Å²) in [5.74, 6) is 1.27. The molecule has 0 saturated heterocycles. The summed E-state index contributed by atoms with van der Waals surface area (Å²) in [4.78, 5) is 0. The summed E-state index contributed by atoms with van der Waals surface area (Å²) in [7, 11) is 1.61. The molecule has 1 fully saturated rings. The minimum absolute atomic E-state index is 0.0522. The van der Waals surface area contributed by atoms with Gasteiger partial charge in [-0.05, 0) is 29.7 Å². The molecular weight excluding hydrogens is 296 g/mol. The molecule has 0 aromatic heterocycles. The van der Waals surface area contributed by atoms with E-state index >= 15 is 0 Å². The molecule has 1 N–H and O–H groups in total. The molecule has 1 aliphatic carbocycles. The molecule has 3 nitrogen and oxygen atoms in total. The van der Waals surface area contributed by atoms with E-state index in [0.717, 1.165) is 10.2 Å². The molecule has 18 heavy (non-hydrogen) atoms. The summed E-state index contributed by atoms with van der Waals surface area (Å²) in [5, 5.41) is 9.57. The highest BCUT2D eigenvalue weighted by Gasteiger charge is 2.42. The monoisotopic (exact) mass is 314 g/mol. The van der Waals surface area contributed by atoms with Crippen LogP contribution in [0.2, 0.25) is 0 Å². The van der Waals surface area contributed by atoms with Gasteiger partial charge >= 0.3 is 0 Å². The maximum atomic E-state index is 9.57. The lowest BCUT2D eigenvalue weighted by Gasteiger charge is -2.40. The first-order chi connectivity index (χ1) is 8.52. The summed E-state index contributed by atoms with van der Waals surface area (Å²) < 4.78 is 12.2. The predicted octanol–water partition coefficient (Wildman–Crippen LogP) is 3.10. The molecule has 1 saturated carbocycles. The molecule has 0 radical (unpaired) electrons. The molecule has 3 atom stereocenters. The van der Waals surface area contributed by atoms with Crippen molar-refractivity contribution >= 4 is 15.9 Å². The third kappa shape index (κ3) is 2.71. The number of halogens is 1. The first-order valence-electron chi connectivity index (χ1n) is 6.20. The molecule has 1 aromatic carbocycles. The summed E-state index contributed by atoms with van der Waals surface area (Å²) in [6.07, 6.45) is -0.0400. The number of hydrogen-bond acceptors (Lipinski definition) is 3. The minimum atomic E-state index is -0.405. The maximum Gasteiger partial charge on any atom is 0.130 e. The SMILES string of the molecule is COC1C(O)CC1Oc1ccc(Br)cc1C(C)C. The maximum absolute atomic E-state index is 9.57. The zero-order valence-corrected chi connectivity index (χ0v) is 12.5. The van der Waals surface area contributed by atoms with Crippen LogP contribution >= 0.6 is 15.9 Å². The zero-order valence-electron chi connectivity index (χ0n) is 10.9. The molecule has 1 aliphatic rings. The minimum Gasteiger partial charge on any atom is -0.487 e. The molecule has 2 rings (SSSR count). The van der Waals surface area contributed by atoms with Crippen molar-refractivity contribution < 1.29 is 14.6 Å². The number of methoxy groups -OCH3 is 1. The fraction of sp³-hybridized carbons (Fsp3) is 0.571. The molecule has 0 spiro atoms. The van der Waals surface area contributed by atoms with Gasteiger partial charge in [0, 0.05) is 18.0 Å². The van der Waals surface area contributed by atoms with Crippen molar-refractivity contribution in [2.24, 2.45) is 0 Å². The summed E-state index contributed by atoms with van der Waals surface area (Å²) >= 11 is 3.48.